The van der Waals surface area contributed by atoms with E-state index in [2.05, 4.69) is 72.8 Å². The third-order valence-corrected chi connectivity index (χ3v) is 14.7. The smallest absolute Gasteiger partial charge is 0.148 e. The number of hydrogen-bond donors (Lipinski definition) is 0. The highest BCUT2D eigenvalue weighted by molar-refractivity contribution is 6.28. The molecule has 6 heteroatoms. The van der Waals surface area contributed by atoms with E-state index in [9.17, 15) is 10.5 Å². The Morgan fingerprint density at radius 1 is 0.329 bits per heavy atom. The molecule has 0 aromatic heterocycles. The van der Waals surface area contributed by atoms with Crippen LogP contribution in [0.5, 0.6) is 0 Å². The first-order valence-corrected chi connectivity index (χ1v) is 25.3. The molecule has 0 fully saturated rings. The van der Waals surface area contributed by atoms with Crippen molar-refractivity contribution in [2.45, 2.75) is 27.7 Å². The third-order valence-electron chi connectivity index (χ3n) is 14.7. The van der Waals surface area contributed by atoms with Gasteiger partial charge in [-0.3, -0.25) is 0 Å². The van der Waals surface area contributed by atoms with E-state index in [1.54, 1.807) is 36.4 Å². The molecular formula is C70H48F2N4. The van der Waals surface area contributed by atoms with Crippen LogP contribution in [0, 0.1) is 62.0 Å². The first kappa shape index (κ1) is 47.1. The number of rotatable bonds is 10. The second-order valence-electron chi connectivity index (χ2n) is 19.8. The molecule has 0 heterocycles. The minimum atomic E-state index is -0.413. The molecule has 76 heavy (non-hydrogen) atoms. The van der Waals surface area contributed by atoms with Gasteiger partial charge in [-0.15, -0.1) is 0 Å². The van der Waals surface area contributed by atoms with E-state index in [4.69, 9.17) is 0 Å². The largest absolute Gasteiger partial charge is 0.307 e. The Morgan fingerprint density at radius 3 is 0.974 bits per heavy atom. The van der Waals surface area contributed by atoms with Gasteiger partial charge in [0, 0.05) is 33.3 Å². The summed E-state index contributed by atoms with van der Waals surface area (Å²) in [7, 11) is 0. The van der Waals surface area contributed by atoms with Crippen molar-refractivity contribution in [2.75, 3.05) is 9.80 Å². The molecule has 0 aliphatic heterocycles. The van der Waals surface area contributed by atoms with Crippen LogP contribution in [-0.4, -0.2) is 0 Å². The molecule has 4 nitrogen and oxygen atoms in total. The Kier molecular flexibility index (Phi) is 11.9. The highest BCUT2D eigenvalue weighted by Crippen LogP contribution is 2.52. The number of nitrogens with zero attached hydrogens (tertiary/aromatic N) is 4. The molecule has 12 aromatic rings. The number of halogens is 2. The van der Waals surface area contributed by atoms with Crippen LogP contribution in [-0.2, 0) is 0 Å². The van der Waals surface area contributed by atoms with Crippen molar-refractivity contribution in [3.63, 3.8) is 0 Å². The summed E-state index contributed by atoms with van der Waals surface area (Å²) in [6, 6.07) is 75.8. The first-order valence-electron chi connectivity index (χ1n) is 25.3. The number of benzene rings is 12. The van der Waals surface area contributed by atoms with Crippen molar-refractivity contribution in [1.29, 1.82) is 10.5 Å². The predicted molar refractivity (Wildman–Crippen MR) is 310 cm³/mol. The Balaban J connectivity index is 1.13. The summed E-state index contributed by atoms with van der Waals surface area (Å²) in [6.45, 7) is 8.16. The molecule has 0 unspecified atom stereocenters. The van der Waals surface area contributed by atoms with E-state index in [1.807, 2.05) is 159 Å². The first-order chi connectivity index (χ1) is 37.0. The van der Waals surface area contributed by atoms with E-state index < -0.39 is 11.6 Å². The molecule has 12 aromatic carbocycles. The SMILES string of the molecule is Cc1ccc(-c2cc(F)c(N(c3ccc(C#N)cc3)c3ccc4ccc5c(N(c6ccc(C#N)cc6)c6c(F)cc(-c7ccc(C)cc7)cc6-c6ccc(C)cc6)ccc6ccc3c4c65)c(-c3ccc(C)cc3)c2)cc1. The van der Waals surface area contributed by atoms with Gasteiger partial charge >= 0.3 is 0 Å². The number of aryl methyl sites for hydroxylation is 4. The molecule has 0 radical (unpaired) electrons. The third kappa shape index (κ3) is 8.43. The van der Waals surface area contributed by atoms with Gasteiger partial charge in [0.2, 0.25) is 0 Å². The summed E-state index contributed by atoms with van der Waals surface area (Å²) >= 11 is 0. The van der Waals surface area contributed by atoms with E-state index in [1.165, 1.54) is 0 Å². The summed E-state index contributed by atoms with van der Waals surface area (Å²) in [5.74, 6) is -0.826. The standard InChI is InChI=1S/C70H48F2N4/c1-43-5-17-49(18-6-43)55-37-61(51-21-9-45(3)10-22-51)69(63(71)39-55)75(57-29-13-47(41-73)14-30-57)65-35-27-53-26-34-60-66(36-28-54-25-33-59(65)67(53)68(54)60)76(58-31-15-48(42-74)16-32-58)70-62(52-23-11-46(4)12-24-52)38-56(40-64(70)72)50-19-7-44(2)8-20-50/h5-40H,1-4H3. The predicted octanol–water partition coefficient (Wildman–Crippen LogP) is 19.4. The van der Waals surface area contributed by atoms with Crippen LogP contribution in [0.25, 0.3) is 76.8 Å². The lowest BCUT2D eigenvalue weighted by molar-refractivity contribution is 0.629. The van der Waals surface area contributed by atoms with Gasteiger partial charge in [-0.2, -0.15) is 10.5 Å². The second kappa shape index (κ2) is 19.2. The highest BCUT2D eigenvalue weighted by atomic mass is 19.1. The molecular weight excluding hydrogens is 935 g/mol. The lowest BCUT2D eigenvalue weighted by atomic mass is 9.90. The van der Waals surface area contributed by atoms with Crippen LogP contribution in [0.4, 0.5) is 42.9 Å². The molecule has 0 saturated heterocycles. The molecule has 12 rings (SSSR count). The monoisotopic (exact) mass is 982 g/mol. The lowest BCUT2D eigenvalue weighted by Gasteiger charge is -2.31. The molecule has 362 valence electrons. The van der Waals surface area contributed by atoms with Crippen molar-refractivity contribution in [3.8, 4) is 56.6 Å². The van der Waals surface area contributed by atoms with E-state index >= 15 is 8.78 Å². The van der Waals surface area contributed by atoms with Crippen molar-refractivity contribution in [2.24, 2.45) is 0 Å². The van der Waals surface area contributed by atoms with Crippen LogP contribution in [0.3, 0.4) is 0 Å². The minimum Gasteiger partial charge on any atom is -0.307 e. The summed E-state index contributed by atoms with van der Waals surface area (Å²) in [5.41, 5.74) is 15.3. The number of anilines is 6. The van der Waals surface area contributed by atoms with E-state index in [0.717, 1.165) is 99.3 Å². The second-order valence-corrected chi connectivity index (χ2v) is 19.8. The Hall–Kier alpha value is -9.88. The van der Waals surface area contributed by atoms with Crippen LogP contribution >= 0.6 is 0 Å². The molecule has 0 bridgehead atoms. The molecule has 0 aliphatic carbocycles. The van der Waals surface area contributed by atoms with E-state index in [-0.39, 0.29) is 0 Å². The van der Waals surface area contributed by atoms with Crippen LogP contribution in [0.1, 0.15) is 33.4 Å². The molecule has 0 amide bonds. The van der Waals surface area contributed by atoms with Gasteiger partial charge < -0.3 is 9.80 Å². The summed E-state index contributed by atoms with van der Waals surface area (Å²) in [5, 5.41) is 25.5. The molecule has 0 N–H and O–H groups in total. The zero-order valence-corrected chi connectivity index (χ0v) is 42.3. The van der Waals surface area contributed by atoms with Gasteiger partial charge in [-0.05, 0) is 168 Å². The van der Waals surface area contributed by atoms with Crippen LogP contribution in [0.2, 0.25) is 0 Å². The zero-order valence-electron chi connectivity index (χ0n) is 42.3. The molecule has 0 atom stereocenters. The average Bonchev–Trinajstić information content (AvgIpc) is 3.46. The topological polar surface area (TPSA) is 54.1 Å². The van der Waals surface area contributed by atoms with Gasteiger partial charge in [0.1, 0.15) is 11.6 Å². The number of hydrogen-bond acceptors (Lipinski definition) is 4. The number of nitriles is 2. The summed E-state index contributed by atoms with van der Waals surface area (Å²) in [6.07, 6.45) is 0. The molecule has 0 aliphatic rings. The summed E-state index contributed by atoms with van der Waals surface area (Å²) in [4.78, 5) is 3.97. The van der Waals surface area contributed by atoms with Crippen molar-refractivity contribution >= 4 is 66.4 Å². The molecule has 0 saturated carbocycles. The van der Waals surface area contributed by atoms with Crippen molar-refractivity contribution in [1.82, 2.24) is 0 Å². The van der Waals surface area contributed by atoms with Gasteiger partial charge in [0.25, 0.3) is 0 Å². The highest BCUT2D eigenvalue weighted by Gasteiger charge is 2.28. The average molecular weight is 983 g/mol. The van der Waals surface area contributed by atoms with E-state index in [0.29, 0.717) is 45.0 Å². The Labute approximate surface area is 441 Å². The maximum atomic E-state index is 17.9. The lowest BCUT2D eigenvalue weighted by Crippen LogP contribution is -2.15. The summed E-state index contributed by atoms with van der Waals surface area (Å²) < 4.78 is 35.8. The van der Waals surface area contributed by atoms with Crippen LogP contribution in [0.15, 0.2) is 218 Å². The normalized spacial score (nSPS) is 11.3. The maximum absolute atomic E-state index is 17.9. The van der Waals surface area contributed by atoms with Gasteiger partial charge in [-0.25, -0.2) is 8.78 Å². The van der Waals surface area contributed by atoms with Crippen molar-refractivity contribution < 1.29 is 8.78 Å². The van der Waals surface area contributed by atoms with Gasteiger partial charge in [0.05, 0.1) is 46.0 Å². The van der Waals surface area contributed by atoms with Crippen molar-refractivity contribution in [3.05, 3.63) is 263 Å². The fraction of sp³-hybridized carbons (Fsp3) is 0.0571. The van der Waals surface area contributed by atoms with Gasteiger partial charge in [-0.1, -0.05) is 156 Å². The molecule has 0 spiro atoms. The Bertz CT molecular complexity index is 3990. The van der Waals surface area contributed by atoms with Crippen LogP contribution < -0.4 is 9.80 Å². The maximum Gasteiger partial charge on any atom is 0.148 e. The van der Waals surface area contributed by atoms with Gasteiger partial charge in [0.15, 0.2) is 0 Å². The minimum absolute atomic E-state index is 0.361. The fourth-order valence-electron chi connectivity index (χ4n) is 10.7. The Morgan fingerprint density at radius 2 is 0.645 bits per heavy atom. The fourth-order valence-corrected chi connectivity index (χ4v) is 10.7. The quantitative estimate of drug-likeness (QED) is 0.128. The zero-order chi connectivity index (χ0) is 52.2.